The lowest BCUT2D eigenvalue weighted by Gasteiger charge is -2.33. The second-order valence-corrected chi connectivity index (χ2v) is 8.45. The van der Waals surface area contributed by atoms with E-state index in [4.69, 9.17) is 9.57 Å². The van der Waals surface area contributed by atoms with Crippen LogP contribution in [0.1, 0.15) is 41.2 Å². The van der Waals surface area contributed by atoms with E-state index < -0.39 is 11.6 Å². The average Bonchev–Trinajstić information content (AvgIpc) is 3.37. The number of oxime groups is 1. The van der Waals surface area contributed by atoms with Crippen LogP contribution < -0.4 is 0 Å². The molecule has 0 aliphatic rings. The van der Waals surface area contributed by atoms with Crippen molar-refractivity contribution in [2.24, 2.45) is 5.16 Å². The van der Waals surface area contributed by atoms with E-state index in [2.05, 4.69) is 10.1 Å². The van der Waals surface area contributed by atoms with Crippen molar-refractivity contribution in [3.63, 3.8) is 0 Å². The fraction of sp³-hybridized carbons (Fsp3) is 0.179. The molecule has 0 saturated carbocycles. The van der Waals surface area contributed by atoms with Crippen molar-refractivity contribution < 1.29 is 14.4 Å². The van der Waals surface area contributed by atoms with E-state index in [0.717, 1.165) is 28.1 Å². The number of benzene rings is 3. The third-order valence-corrected chi connectivity index (χ3v) is 6.37. The van der Waals surface area contributed by atoms with Gasteiger partial charge < -0.3 is 9.57 Å². The van der Waals surface area contributed by atoms with E-state index in [1.165, 1.54) is 11.3 Å². The van der Waals surface area contributed by atoms with Crippen LogP contribution in [0.15, 0.2) is 102 Å². The lowest BCUT2D eigenvalue weighted by atomic mass is 9.80. The predicted molar refractivity (Wildman–Crippen MR) is 135 cm³/mol. The van der Waals surface area contributed by atoms with Crippen LogP contribution in [0.5, 0.6) is 0 Å². The minimum Gasteiger partial charge on any atom is -0.461 e. The Kier molecular flexibility index (Phi) is 7.50. The number of hydrogen-bond donors (Lipinski definition) is 0. The van der Waals surface area contributed by atoms with E-state index in [1.807, 2.05) is 103 Å². The standard InChI is InChI=1S/C28H26N2O3S/c1-3-25-29-24(20-34-25)26(27(31)32-4-2)30-33-28(21-14-8-5-9-15-21,22-16-10-6-11-17-22)23-18-12-7-13-19-23/h5-20H,3-4H2,1-2H3/b30-26-. The summed E-state index contributed by atoms with van der Waals surface area (Å²) in [6, 6.07) is 29.6. The van der Waals surface area contributed by atoms with Gasteiger partial charge in [-0.25, -0.2) is 9.78 Å². The molecule has 34 heavy (non-hydrogen) atoms. The molecule has 0 amide bonds. The molecule has 5 nitrogen and oxygen atoms in total. The second kappa shape index (κ2) is 10.9. The highest BCUT2D eigenvalue weighted by atomic mass is 32.1. The molecule has 1 heterocycles. The molecule has 0 atom stereocenters. The number of hydrogen-bond acceptors (Lipinski definition) is 6. The molecule has 0 N–H and O–H groups in total. The molecule has 4 rings (SSSR count). The summed E-state index contributed by atoms with van der Waals surface area (Å²) < 4.78 is 5.30. The molecule has 0 spiro atoms. The van der Waals surface area contributed by atoms with E-state index in [0.29, 0.717) is 5.69 Å². The number of rotatable bonds is 9. The number of aromatic nitrogens is 1. The summed E-state index contributed by atoms with van der Waals surface area (Å²) in [5.41, 5.74) is 2.05. The minimum atomic E-state index is -1.09. The van der Waals surface area contributed by atoms with Gasteiger partial charge in [0.2, 0.25) is 11.3 Å². The Balaban J connectivity index is 1.92. The number of ether oxygens (including phenoxy) is 1. The second-order valence-electron chi connectivity index (χ2n) is 7.51. The van der Waals surface area contributed by atoms with Crippen LogP contribution in [-0.4, -0.2) is 23.3 Å². The van der Waals surface area contributed by atoms with Gasteiger partial charge >= 0.3 is 5.97 Å². The number of carbonyl (C=O) groups is 1. The topological polar surface area (TPSA) is 60.8 Å². The summed E-state index contributed by atoms with van der Waals surface area (Å²) in [5, 5.41) is 7.17. The highest BCUT2D eigenvalue weighted by Gasteiger charge is 2.40. The molecular weight excluding hydrogens is 444 g/mol. The Morgan fingerprint density at radius 1 is 0.853 bits per heavy atom. The van der Waals surface area contributed by atoms with Crippen LogP contribution in [0.4, 0.5) is 0 Å². The first-order chi connectivity index (χ1) is 16.7. The van der Waals surface area contributed by atoms with Crippen LogP contribution in [0.25, 0.3) is 0 Å². The Morgan fingerprint density at radius 2 is 1.35 bits per heavy atom. The van der Waals surface area contributed by atoms with E-state index in [-0.39, 0.29) is 12.3 Å². The van der Waals surface area contributed by atoms with Gasteiger partial charge in [0.15, 0.2) is 0 Å². The van der Waals surface area contributed by atoms with E-state index in [1.54, 1.807) is 6.92 Å². The summed E-state index contributed by atoms with van der Waals surface area (Å²) in [4.78, 5) is 23.9. The summed E-state index contributed by atoms with van der Waals surface area (Å²) in [7, 11) is 0. The molecule has 0 saturated heterocycles. The number of nitrogens with zero attached hydrogens (tertiary/aromatic N) is 2. The molecule has 172 valence electrons. The SMILES string of the molecule is CCOC(=O)/C(=N\OC(c1ccccc1)(c1ccccc1)c1ccccc1)c1csc(CC)n1. The summed E-state index contributed by atoms with van der Waals surface area (Å²) in [5.74, 6) is -0.571. The first kappa shape index (κ1) is 23.4. The largest absolute Gasteiger partial charge is 0.461 e. The number of esters is 1. The Labute approximate surface area is 203 Å². The third kappa shape index (κ3) is 4.77. The van der Waals surface area contributed by atoms with Gasteiger partial charge in [-0.15, -0.1) is 11.3 Å². The maximum Gasteiger partial charge on any atom is 0.362 e. The summed E-state index contributed by atoms with van der Waals surface area (Å²) in [6.07, 6.45) is 0.767. The molecule has 0 aliphatic carbocycles. The maximum atomic E-state index is 12.9. The van der Waals surface area contributed by atoms with Crippen molar-refractivity contribution >= 4 is 23.0 Å². The molecule has 4 aromatic rings. The third-order valence-electron chi connectivity index (χ3n) is 5.38. The maximum absolute atomic E-state index is 12.9. The predicted octanol–water partition coefficient (Wildman–Crippen LogP) is 5.98. The van der Waals surface area contributed by atoms with Crippen LogP contribution in [0.2, 0.25) is 0 Å². The lowest BCUT2D eigenvalue weighted by Crippen LogP contribution is -2.32. The zero-order valence-electron chi connectivity index (χ0n) is 19.2. The number of carbonyl (C=O) groups excluding carboxylic acids is 1. The van der Waals surface area contributed by atoms with Crippen LogP contribution in [0, 0.1) is 0 Å². The smallest absolute Gasteiger partial charge is 0.362 e. The van der Waals surface area contributed by atoms with Crippen LogP contribution in [-0.2, 0) is 26.4 Å². The lowest BCUT2D eigenvalue weighted by molar-refractivity contribution is -0.135. The summed E-state index contributed by atoms with van der Waals surface area (Å²) >= 11 is 1.48. The fourth-order valence-corrected chi connectivity index (χ4v) is 4.49. The van der Waals surface area contributed by atoms with Crippen LogP contribution in [0.3, 0.4) is 0 Å². The molecule has 0 aliphatic heterocycles. The number of thiazole rings is 1. The van der Waals surface area contributed by atoms with Crippen molar-refractivity contribution in [1.29, 1.82) is 0 Å². The van der Waals surface area contributed by atoms with Gasteiger partial charge in [0.1, 0.15) is 5.69 Å². The molecule has 6 heteroatoms. The zero-order chi connectivity index (χ0) is 23.8. The van der Waals surface area contributed by atoms with Gasteiger partial charge in [-0.1, -0.05) is 103 Å². The quantitative estimate of drug-likeness (QED) is 0.131. The molecular formula is C28H26N2O3S. The van der Waals surface area contributed by atoms with Crippen LogP contribution >= 0.6 is 11.3 Å². The summed E-state index contributed by atoms with van der Waals surface area (Å²) in [6.45, 7) is 4.01. The molecule has 3 aromatic carbocycles. The van der Waals surface area contributed by atoms with Crippen molar-refractivity contribution in [2.75, 3.05) is 6.61 Å². The van der Waals surface area contributed by atoms with Gasteiger partial charge in [0.25, 0.3) is 0 Å². The molecule has 1 aromatic heterocycles. The average molecular weight is 471 g/mol. The number of aryl methyl sites for hydroxylation is 1. The van der Waals surface area contributed by atoms with E-state index in [9.17, 15) is 4.79 Å². The molecule has 0 unspecified atom stereocenters. The molecule has 0 bridgehead atoms. The first-order valence-corrected chi connectivity index (χ1v) is 12.1. The highest BCUT2D eigenvalue weighted by molar-refractivity contribution is 7.09. The molecule has 0 radical (unpaired) electrons. The van der Waals surface area contributed by atoms with Crippen molar-refractivity contribution in [3.8, 4) is 0 Å². The van der Waals surface area contributed by atoms with Gasteiger partial charge in [0.05, 0.1) is 11.6 Å². The minimum absolute atomic E-state index is 0.0463. The zero-order valence-corrected chi connectivity index (χ0v) is 20.0. The molecule has 0 fully saturated rings. The Bertz CT molecular complexity index is 1140. The normalized spacial score (nSPS) is 11.8. The first-order valence-electron chi connectivity index (χ1n) is 11.2. The fourth-order valence-electron chi connectivity index (χ4n) is 3.76. The van der Waals surface area contributed by atoms with Gasteiger partial charge in [-0.2, -0.15) is 0 Å². The monoisotopic (exact) mass is 470 g/mol. The van der Waals surface area contributed by atoms with Gasteiger partial charge in [0, 0.05) is 22.1 Å². The van der Waals surface area contributed by atoms with E-state index >= 15 is 0 Å². The Morgan fingerprint density at radius 3 is 1.76 bits per heavy atom. The van der Waals surface area contributed by atoms with Crippen molar-refractivity contribution in [2.45, 2.75) is 25.9 Å². The van der Waals surface area contributed by atoms with Crippen molar-refractivity contribution in [1.82, 2.24) is 4.98 Å². The van der Waals surface area contributed by atoms with Gasteiger partial charge in [-0.3, -0.25) is 0 Å². The Hall–Kier alpha value is -3.77. The highest BCUT2D eigenvalue weighted by Crippen LogP contribution is 2.40. The van der Waals surface area contributed by atoms with Gasteiger partial charge in [-0.05, 0) is 13.3 Å². The van der Waals surface area contributed by atoms with Crippen molar-refractivity contribution in [3.05, 3.63) is 124 Å².